The van der Waals surface area contributed by atoms with E-state index in [0.29, 0.717) is 24.8 Å². The van der Waals surface area contributed by atoms with E-state index in [1.807, 2.05) is 7.05 Å². The number of nitrogens with one attached hydrogen (secondary N) is 1. The molecule has 0 fully saturated rings. The molecule has 0 aliphatic rings. The standard InChI is InChI=1S/C14H24ClN3O2S/c1-5-11(3)18(4)7-6-17-21(19,20)14-9-13(16)10(2)8-12(14)15/h8-9,11,17H,5-7,16H2,1-4H3. The molecule has 1 atom stereocenters. The van der Waals surface area contributed by atoms with Crippen molar-refractivity contribution in [3.8, 4) is 0 Å². The van der Waals surface area contributed by atoms with Gasteiger partial charge in [0.15, 0.2) is 0 Å². The van der Waals surface area contributed by atoms with Crippen molar-refractivity contribution in [3.05, 3.63) is 22.7 Å². The summed E-state index contributed by atoms with van der Waals surface area (Å²) < 4.78 is 27.1. The molecule has 0 saturated heterocycles. The van der Waals surface area contributed by atoms with Gasteiger partial charge in [0.05, 0.1) is 5.02 Å². The first-order valence-electron chi connectivity index (χ1n) is 6.94. The number of rotatable bonds is 7. The van der Waals surface area contributed by atoms with Crippen LogP contribution in [0, 0.1) is 6.92 Å². The van der Waals surface area contributed by atoms with Crippen LogP contribution in [-0.2, 0) is 10.0 Å². The van der Waals surface area contributed by atoms with Crippen molar-refractivity contribution < 1.29 is 8.42 Å². The second-order valence-electron chi connectivity index (χ2n) is 5.27. The van der Waals surface area contributed by atoms with Gasteiger partial charge in [0.1, 0.15) is 4.90 Å². The van der Waals surface area contributed by atoms with E-state index in [0.717, 1.165) is 12.0 Å². The third-order valence-electron chi connectivity index (χ3n) is 3.71. The summed E-state index contributed by atoms with van der Waals surface area (Å²) in [6, 6.07) is 3.38. The van der Waals surface area contributed by atoms with Gasteiger partial charge in [0.2, 0.25) is 10.0 Å². The van der Waals surface area contributed by atoms with Crippen molar-refractivity contribution in [1.82, 2.24) is 9.62 Å². The van der Waals surface area contributed by atoms with Crippen LogP contribution in [0.4, 0.5) is 5.69 Å². The van der Waals surface area contributed by atoms with E-state index in [9.17, 15) is 8.42 Å². The van der Waals surface area contributed by atoms with Gasteiger partial charge in [-0.3, -0.25) is 0 Å². The second kappa shape index (κ2) is 7.45. The zero-order valence-electron chi connectivity index (χ0n) is 13.0. The minimum absolute atomic E-state index is 0.0264. The Morgan fingerprint density at radius 2 is 2.05 bits per heavy atom. The number of nitrogens with zero attached hydrogens (tertiary/aromatic N) is 1. The minimum atomic E-state index is -3.65. The van der Waals surface area contributed by atoms with Crippen LogP contribution in [0.5, 0.6) is 0 Å². The Bertz CT molecular complexity index is 590. The monoisotopic (exact) mass is 333 g/mol. The number of hydrogen-bond acceptors (Lipinski definition) is 4. The van der Waals surface area contributed by atoms with Crippen molar-refractivity contribution in [3.63, 3.8) is 0 Å². The Hall–Kier alpha value is -0.820. The highest BCUT2D eigenvalue weighted by Crippen LogP contribution is 2.26. The summed E-state index contributed by atoms with van der Waals surface area (Å²) in [6.45, 7) is 6.94. The summed E-state index contributed by atoms with van der Waals surface area (Å²) in [5, 5.41) is 0.185. The Kier molecular flexibility index (Phi) is 6.46. The second-order valence-corrected chi connectivity index (χ2v) is 7.42. The van der Waals surface area contributed by atoms with Crippen molar-refractivity contribution in [2.45, 2.75) is 38.1 Å². The number of halogens is 1. The van der Waals surface area contributed by atoms with E-state index >= 15 is 0 Å². The summed E-state index contributed by atoms with van der Waals surface area (Å²) in [7, 11) is -1.68. The van der Waals surface area contributed by atoms with Crippen molar-refractivity contribution in [1.29, 1.82) is 0 Å². The molecule has 0 spiro atoms. The van der Waals surface area contributed by atoms with Crippen LogP contribution < -0.4 is 10.5 Å². The zero-order valence-corrected chi connectivity index (χ0v) is 14.6. The highest BCUT2D eigenvalue weighted by atomic mass is 35.5. The molecule has 1 unspecified atom stereocenters. The topological polar surface area (TPSA) is 75.4 Å². The number of nitrogen functional groups attached to an aromatic ring is 1. The van der Waals surface area contributed by atoms with Crippen LogP contribution in [0.25, 0.3) is 0 Å². The molecule has 0 radical (unpaired) electrons. The van der Waals surface area contributed by atoms with E-state index < -0.39 is 10.0 Å². The third kappa shape index (κ3) is 4.85. The Balaban J connectivity index is 2.77. The first kappa shape index (κ1) is 18.2. The van der Waals surface area contributed by atoms with E-state index in [1.54, 1.807) is 13.0 Å². The lowest BCUT2D eigenvalue weighted by Gasteiger charge is -2.23. The van der Waals surface area contributed by atoms with Crippen LogP contribution in [0.1, 0.15) is 25.8 Å². The molecule has 3 N–H and O–H groups in total. The molecule has 21 heavy (non-hydrogen) atoms. The van der Waals surface area contributed by atoms with Crippen LogP contribution in [0.3, 0.4) is 0 Å². The van der Waals surface area contributed by atoms with Gasteiger partial charge in [-0.1, -0.05) is 18.5 Å². The largest absolute Gasteiger partial charge is 0.398 e. The maximum absolute atomic E-state index is 12.3. The van der Waals surface area contributed by atoms with Gasteiger partial charge >= 0.3 is 0 Å². The van der Waals surface area contributed by atoms with E-state index in [2.05, 4.69) is 23.5 Å². The quantitative estimate of drug-likeness (QED) is 0.750. The Labute approximate surface area is 132 Å². The van der Waals surface area contributed by atoms with E-state index in [4.69, 9.17) is 17.3 Å². The van der Waals surface area contributed by atoms with E-state index in [-0.39, 0.29) is 9.92 Å². The van der Waals surface area contributed by atoms with Crippen LogP contribution in [0.2, 0.25) is 5.02 Å². The first-order valence-corrected chi connectivity index (χ1v) is 8.80. The number of benzene rings is 1. The molecule has 0 aromatic heterocycles. The maximum atomic E-state index is 12.3. The highest BCUT2D eigenvalue weighted by molar-refractivity contribution is 7.89. The summed E-state index contributed by atoms with van der Waals surface area (Å²) in [6.07, 6.45) is 1.02. The number of sulfonamides is 1. The average Bonchev–Trinajstić information content (AvgIpc) is 2.41. The van der Waals surface area contributed by atoms with Crippen molar-refractivity contribution >= 4 is 27.3 Å². The van der Waals surface area contributed by atoms with Gasteiger partial charge in [-0.25, -0.2) is 13.1 Å². The molecule has 1 aromatic rings. The minimum Gasteiger partial charge on any atom is -0.398 e. The molecule has 5 nitrogen and oxygen atoms in total. The molecule has 0 aliphatic heterocycles. The molecule has 120 valence electrons. The fraction of sp³-hybridized carbons (Fsp3) is 0.571. The van der Waals surface area contributed by atoms with Crippen LogP contribution in [-0.4, -0.2) is 39.5 Å². The maximum Gasteiger partial charge on any atom is 0.242 e. The lowest BCUT2D eigenvalue weighted by molar-refractivity contribution is 0.256. The van der Waals surface area contributed by atoms with Gasteiger partial charge in [-0.2, -0.15) is 0 Å². The number of anilines is 1. The molecular formula is C14H24ClN3O2S. The number of hydrogen-bond donors (Lipinski definition) is 2. The predicted molar refractivity (Wildman–Crippen MR) is 88.2 cm³/mol. The lowest BCUT2D eigenvalue weighted by atomic mass is 10.2. The zero-order chi connectivity index (χ0) is 16.2. The van der Waals surface area contributed by atoms with Gasteiger partial charge in [-0.05, 0) is 45.0 Å². The Morgan fingerprint density at radius 1 is 1.43 bits per heavy atom. The fourth-order valence-corrected chi connectivity index (χ4v) is 3.48. The van der Waals surface area contributed by atoms with Gasteiger partial charge in [0, 0.05) is 24.8 Å². The third-order valence-corrected chi connectivity index (χ3v) is 5.64. The van der Waals surface area contributed by atoms with Gasteiger partial charge in [0.25, 0.3) is 0 Å². The molecule has 1 rings (SSSR count). The lowest BCUT2D eigenvalue weighted by Crippen LogP contribution is -2.37. The molecule has 7 heteroatoms. The van der Waals surface area contributed by atoms with Crippen LogP contribution in [0.15, 0.2) is 17.0 Å². The molecule has 0 saturated carbocycles. The first-order chi connectivity index (χ1) is 9.69. The number of nitrogens with two attached hydrogens (primary N) is 1. The summed E-state index contributed by atoms with van der Waals surface area (Å²) in [5.41, 5.74) is 6.93. The fourth-order valence-electron chi connectivity index (χ4n) is 1.84. The van der Waals surface area contributed by atoms with Crippen molar-refractivity contribution in [2.24, 2.45) is 0 Å². The van der Waals surface area contributed by atoms with Crippen molar-refractivity contribution in [2.75, 3.05) is 25.9 Å². The molecule has 1 aromatic carbocycles. The summed E-state index contributed by atoms with van der Waals surface area (Å²) in [5.74, 6) is 0. The Morgan fingerprint density at radius 3 is 2.62 bits per heavy atom. The molecule has 0 aliphatic carbocycles. The van der Waals surface area contributed by atoms with E-state index in [1.165, 1.54) is 6.07 Å². The molecule has 0 heterocycles. The SMILES string of the molecule is CCC(C)N(C)CCNS(=O)(=O)c1cc(N)c(C)cc1Cl. The number of aryl methyl sites for hydroxylation is 1. The average molecular weight is 334 g/mol. The molecule has 0 bridgehead atoms. The number of likely N-dealkylation sites (N-methyl/N-ethyl adjacent to an activating group) is 1. The van der Waals surface area contributed by atoms with Gasteiger partial charge in [-0.15, -0.1) is 0 Å². The molecule has 0 amide bonds. The molecular weight excluding hydrogens is 310 g/mol. The van der Waals surface area contributed by atoms with Gasteiger partial charge < -0.3 is 10.6 Å². The smallest absolute Gasteiger partial charge is 0.242 e. The predicted octanol–water partition coefficient (Wildman–Crippen LogP) is 2.24. The highest BCUT2D eigenvalue weighted by Gasteiger charge is 2.19. The summed E-state index contributed by atoms with van der Waals surface area (Å²) >= 11 is 6.02. The van der Waals surface area contributed by atoms with Crippen LogP contribution >= 0.6 is 11.6 Å². The normalized spacial score (nSPS) is 13.6. The summed E-state index contributed by atoms with van der Waals surface area (Å²) in [4.78, 5) is 2.13.